The van der Waals surface area contributed by atoms with E-state index < -0.39 is 11.9 Å². The van der Waals surface area contributed by atoms with Crippen LogP contribution in [-0.4, -0.2) is 23.7 Å². The van der Waals surface area contributed by atoms with Gasteiger partial charge in [-0.1, -0.05) is 6.92 Å². The van der Waals surface area contributed by atoms with E-state index in [1.54, 1.807) is 13.0 Å². The number of carboxylic acids is 1. The largest absolute Gasteiger partial charge is 0.481 e. The summed E-state index contributed by atoms with van der Waals surface area (Å²) in [6.45, 7) is 1.95. The van der Waals surface area contributed by atoms with Gasteiger partial charge in [-0.2, -0.15) is 5.26 Å². The molecule has 1 unspecified atom stereocenters. The highest BCUT2D eigenvalue weighted by atomic mass is 16.5. The van der Waals surface area contributed by atoms with Gasteiger partial charge in [0.25, 0.3) is 0 Å². The number of rotatable bonds is 6. The summed E-state index contributed by atoms with van der Waals surface area (Å²) >= 11 is 0. The van der Waals surface area contributed by atoms with E-state index in [1.807, 2.05) is 0 Å². The van der Waals surface area contributed by atoms with Crippen molar-refractivity contribution in [1.29, 1.82) is 5.26 Å². The predicted molar refractivity (Wildman–Crippen MR) is 47.2 cm³/mol. The molecule has 0 aromatic carbocycles. The average Bonchev–Trinajstić information content (AvgIpc) is 2.02. The standard InChI is InChI=1S/C9H13NO4/c1-7(6-8(11)12)3-5-14-9(13)2-4-10/h7H,2-3,5-6H2,1H3,(H,11,12). The number of esters is 1. The Balaban J connectivity index is 3.49. The molecule has 0 saturated heterocycles. The number of hydrogen-bond donors (Lipinski definition) is 1. The summed E-state index contributed by atoms with van der Waals surface area (Å²) in [4.78, 5) is 20.9. The molecule has 0 radical (unpaired) electrons. The molecule has 0 amide bonds. The molecule has 0 aliphatic rings. The lowest BCUT2D eigenvalue weighted by molar-refractivity contribution is -0.142. The molecule has 5 nitrogen and oxygen atoms in total. The van der Waals surface area contributed by atoms with Crippen LogP contribution in [0.25, 0.3) is 0 Å². The fourth-order valence-corrected chi connectivity index (χ4v) is 0.890. The fraction of sp³-hybridized carbons (Fsp3) is 0.667. The number of carbonyl (C=O) groups is 2. The van der Waals surface area contributed by atoms with Crippen molar-refractivity contribution in [2.45, 2.75) is 26.2 Å². The molecule has 0 bridgehead atoms. The molecule has 0 saturated carbocycles. The average molecular weight is 199 g/mol. The van der Waals surface area contributed by atoms with Crippen molar-refractivity contribution in [2.24, 2.45) is 5.92 Å². The van der Waals surface area contributed by atoms with Gasteiger partial charge in [-0.05, 0) is 12.3 Å². The Morgan fingerprint density at radius 3 is 2.71 bits per heavy atom. The van der Waals surface area contributed by atoms with Crippen LogP contribution in [0.3, 0.4) is 0 Å². The van der Waals surface area contributed by atoms with Gasteiger partial charge < -0.3 is 9.84 Å². The molecular formula is C9H13NO4. The molecule has 0 aromatic heterocycles. The molecular weight excluding hydrogens is 186 g/mol. The summed E-state index contributed by atoms with van der Waals surface area (Å²) in [5.74, 6) is -1.45. The maximum absolute atomic E-state index is 10.7. The van der Waals surface area contributed by atoms with E-state index in [2.05, 4.69) is 4.74 Å². The van der Waals surface area contributed by atoms with Gasteiger partial charge in [0.2, 0.25) is 0 Å². The van der Waals surface area contributed by atoms with Crippen LogP contribution in [0.5, 0.6) is 0 Å². The number of hydrogen-bond acceptors (Lipinski definition) is 4. The number of ether oxygens (including phenoxy) is 1. The lowest BCUT2D eigenvalue weighted by Gasteiger charge is -2.07. The maximum Gasteiger partial charge on any atom is 0.320 e. The third-order valence-corrected chi connectivity index (χ3v) is 1.62. The predicted octanol–water partition coefficient (Wildman–Crippen LogP) is 0.944. The first-order valence-electron chi connectivity index (χ1n) is 4.30. The smallest absolute Gasteiger partial charge is 0.320 e. The number of aliphatic carboxylic acids is 1. The zero-order valence-electron chi connectivity index (χ0n) is 8.02. The van der Waals surface area contributed by atoms with Crippen molar-refractivity contribution in [2.75, 3.05) is 6.61 Å². The topological polar surface area (TPSA) is 87.4 Å². The highest BCUT2D eigenvalue weighted by Gasteiger charge is 2.08. The molecule has 0 spiro atoms. The zero-order valence-corrected chi connectivity index (χ0v) is 8.02. The first kappa shape index (κ1) is 12.4. The van der Waals surface area contributed by atoms with E-state index in [9.17, 15) is 9.59 Å². The Labute approximate surface area is 82.3 Å². The van der Waals surface area contributed by atoms with E-state index in [1.165, 1.54) is 0 Å². The highest BCUT2D eigenvalue weighted by molar-refractivity contribution is 5.71. The first-order chi connectivity index (χ1) is 6.56. The molecule has 0 rings (SSSR count). The van der Waals surface area contributed by atoms with Gasteiger partial charge >= 0.3 is 11.9 Å². The van der Waals surface area contributed by atoms with E-state index in [4.69, 9.17) is 10.4 Å². The van der Waals surface area contributed by atoms with Gasteiger partial charge in [0, 0.05) is 6.42 Å². The van der Waals surface area contributed by atoms with E-state index in [0.717, 1.165) is 0 Å². The second-order valence-electron chi connectivity index (χ2n) is 3.05. The SMILES string of the molecule is CC(CCOC(=O)CC#N)CC(=O)O. The molecule has 1 N–H and O–H groups in total. The molecule has 0 aliphatic carbocycles. The minimum atomic E-state index is -0.860. The Morgan fingerprint density at radius 2 is 2.21 bits per heavy atom. The zero-order chi connectivity index (χ0) is 11.0. The van der Waals surface area contributed by atoms with Crippen LogP contribution >= 0.6 is 0 Å². The minimum Gasteiger partial charge on any atom is -0.481 e. The number of carbonyl (C=O) groups excluding carboxylic acids is 1. The van der Waals surface area contributed by atoms with E-state index in [-0.39, 0.29) is 25.4 Å². The molecule has 14 heavy (non-hydrogen) atoms. The second kappa shape index (κ2) is 6.89. The van der Waals surface area contributed by atoms with Crippen molar-refractivity contribution in [1.82, 2.24) is 0 Å². The van der Waals surface area contributed by atoms with Crippen molar-refractivity contribution >= 4 is 11.9 Å². The van der Waals surface area contributed by atoms with E-state index >= 15 is 0 Å². The summed E-state index contributed by atoms with van der Waals surface area (Å²) in [5, 5.41) is 16.6. The second-order valence-corrected chi connectivity index (χ2v) is 3.05. The van der Waals surface area contributed by atoms with Gasteiger partial charge in [-0.15, -0.1) is 0 Å². The summed E-state index contributed by atoms with van der Waals surface area (Å²) in [6.07, 6.45) is 0.312. The first-order valence-corrected chi connectivity index (χ1v) is 4.30. The van der Waals surface area contributed by atoms with Crippen molar-refractivity contribution < 1.29 is 19.4 Å². The third-order valence-electron chi connectivity index (χ3n) is 1.62. The van der Waals surface area contributed by atoms with Crippen LogP contribution in [0.15, 0.2) is 0 Å². The molecule has 0 heterocycles. The van der Waals surface area contributed by atoms with Crippen LogP contribution < -0.4 is 0 Å². The molecule has 1 atom stereocenters. The lowest BCUT2D eigenvalue weighted by Crippen LogP contribution is -2.10. The van der Waals surface area contributed by atoms with Crippen molar-refractivity contribution in [3.05, 3.63) is 0 Å². The van der Waals surface area contributed by atoms with Crippen LogP contribution in [0.1, 0.15) is 26.2 Å². The molecule has 0 aliphatic heterocycles. The summed E-state index contributed by atoms with van der Waals surface area (Å²) in [5.41, 5.74) is 0. The molecule has 0 fully saturated rings. The Kier molecular flexibility index (Phi) is 6.12. The summed E-state index contributed by atoms with van der Waals surface area (Å²) < 4.78 is 4.68. The summed E-state index contributed by atoms with van der Waals surface area (Å²) in [6, 6.07) is 1.67. The maximum atomic E-state index is 10.7. The van der Waals surface area contributed by atoms with Gasteiger partial charge in [0.1, 0.15) is 6.42 Å². The normalized spacial score (nSPS) is 11.4. The van der Waals surface area contributed by atoms with Gasteiger partial charge in [-0.3, -0.25) is 9.59 Å². The number of nitrogens with zero attached hydrogens (tertiary/aromatic N) is 1. The highest BCUT2D eigenvalue weighted by Crippen LogP contribution is 2.07. The van der Waals surface area contributed by atoms with Crippen LogP contribution in [0.2, 0.25) is 0 Å². The van der Waals surface area contributed by atoms with E-state index in [0.29, 0.717) is 6.42 Å². The van der Waals surface area contributed by atoms with Gasteiger partial charge in [0.05, 0.1) is 12.7 Å². The summed E-state index contributed by atoms with van der Waals surface area (Å²) in [7, 11) is 0. The Bertz CT molecular complexity index is 244. The number of nitriles is 1. The van der Waals surface area contributed by atoms with Crippen LogP contribution in [0.4, 0.5) is 0 Å². The van der Waals surface area contributed by atoms with Crippen LogP contribution in [-0.2, 0) is 14.3 Å². The Hall–Kier alpha value is -1.57. The lowest BCUT2D eigenvalue weighted by atomic mass is 10.1. The molecule has 78 valence electrons. The molecule has 0 aromatic rings. The minimum absolute atomic E-state index is 0.0256. The van der Waals surface area contributed by atoms with Gasteiger partial charge in [-0.25, -0.2) is 0 Å². The van der Waals surface area contributed by atoms with Gasteiger partial charge in [0.15, 0.2) is 0 Å². The van der Waals surface area contributed by atoms with Crippen molar-refractivity contribution in [3.8, 4) is 6.07 Å². The van der Waals surface area contributed by atoms with Crippen LogP contribution in [0, 0.1) is 17.2 Å². The quantitative estimate of drug-likeness (QED) is 0.643. The fourth-order valence-electron chi connectivity index (χ4n) is 0.890. The monoisotopic (exact) mass is 199 g/mol. The number of carboxylic acid groups (broad SMARTS) is 1. The third kappa shape index (κ3) is 7.10. The molecule has 5 heteroatoms. The Morgan fingerprint density at radius 1 is 1.57 bits per heavy atom. The van der Waals surface area contributed by atoms with Crippen molar-refractivity contribution in [3.63, 3.8) is 0 Å².